The summed E-state index contributed by atoms with van der Waals surface area (Å²) in [6.07, 6.45) is 0.728. The Bertz CT molecular complexity index is 363. The van der Waals surface area contributed by atoms with Gasteiger partial charge < -0.3 is 4.74 Å². The molecule has 1 aromatic carbocycles. The molecule has 78 valence electrons. The van der Waals surface area contributed by atoms with Crippen molar-refractivity contribution in [1.29, 1.82) is 0 Å². The largest absolute Gasteiger partial charge is 0.444 e. The van der Waals surface area contributed by atoms with E-state index in [1.54, 1.807) is 0 Å². The number of hydrogen-bond donors (Lipinski definition) is 0. The number of carbonyl (C=O) groups excluding carboxylic acids is 1. The van der Waals surface area contributed by atoms with Gasteiger partial charge in [-0.15, -0.1) is 5.06 Å². The van der Waals surface area contributed by atoms with Gasteiger partial charge in [0.05, 0.1) is 0 Å². The van der Waals surface area contributed by atoms with Crippen LogP contribution in [0, 0.1) is 0 Å². The minimum absolute atomic E-state index is 0.195. The molecule has 4 nitrogen and oxygen atoms in total. The van der Waals surface area contributed by atoms with E-state index in [0.717, 1.165) is 5.56 Å². The predicted octanol–water partition coefficient (Wildman–Crippen LogP) is 2.25. The summed E-state index contributed by atoms with van der Waals surface area (Å²) in [5.74, 6) is 0. The van der Waals surface area contributed by atoms with Gasteiger partial charge in [0.2, 0.25) is 6.23 Å². The number of rotatable bonds is 3. The van der Waals surface area contributed by atoms with Crippen LogP contribution in [0.2, 0.25) is 0 Å². The summed E-state index contributed by atoms with van der Waals surface area (Å²) in [7, 11) is 0. The highest BCUT2D eigenvalue weighted by molar-refractivity contribution is 5.68. The Balaban J connectivity index is 1.91. The highest BCUT2D eigenvalue weighted by Gasteiger charge is 2.43. The lowest BCUT2D eigenvalue weighted by atomic mass is 10.2. The molecule has 1 aromatic rings. The first-order chi connectivity index (χ1) is 7.33. The average molecular weight is 205 g/mol. The van der Waals surface area contributed by atoms with Crippen molar-refractivity contribution in [2.24, 2.45) is 0 Å². The quantitative estimate of drug-likeness (QED) is 0.561. The summed E-state index contributed by atoms with van der Waals surface area (Å²) in [5, 5.41) is 1.19. The first kappa shape index (κ1) is 9.73. The van der Waals surface area contributed by atoms with Crippen molar-refractivity contribution in [3.05, 3.63) is 48.6 Å². The number of amides is 1. The lowest BCUT2D eigenvalue weighted by Gasteiger charge is -1.99. The van der Waals surface area contributed by atoms with Gasteiger partial charge in [0.1, 0.15) is 6.61 Å². The van der Waals surface area contributed by atoms with Crippen LogP contribution in [0.4, 0.5) is 4.79 Å². The second-order valence-electron chi connectivity index (χ2n) is 3.06. The van der Waals surface area contributed by atoms with E-state index in [1.165, 1.54) is 11.1 Å². The van der Waals surface area contributed by atoms with Crippen molar-refractivity contribution in [3.8, 4) is 0 Å². The number of hydrogen-bond acceptors (Lipinski definition) is 3. The smallest absolute Gasteiger partial charge is 0.437 e. The third-order valence-corrected chi connectivity index (χ3v) is 1.97. The molecule has 1 fully saturated rings. The Morgan fingerprint density at radius 3 is 2.93 bits per heavy atom. The zero-order valence-corrected chi connectivity index (χ0v) is 8.13. The van der Waals surface area contributed by atoms with Gasteiger partial charge in [-0.1, -0.05) is 43.0 Å². The van der Waals surface area contributed by atoms with Gasteiger partial charge in [0.15, 0.2) is 0 Å². The van der Waals surface area contributed by atoms with Gasteiger partial charge in [-0.05, 0) is 0 Å². The van der Waals surface area contributed by atoms with Crippen LogP contribution in [0.1, 0.15) is 11.8 Å². The summed E-state index contributed by atoms with van der Waals surface area (Å²) >= 11 is 0. The normalized spacial score (nSPS) is 18.4. The predicted molar refractivity (Wildman–Crippen MR) is 53.7 cm³/mol. The summed E-state index contributed by atoms with van der Waals surface area (Å²) < 4.78 is 4.81. The lowest BCUT2D eigenvalue weighted by Crippen LogP contribution is -2.12. The molecule has 15 heavy (non-hydrogen) atoms. The third kappa shape index (κ3) is 2.16. The second kappa shape index (κ2) is 4.14. The Morgan fingerprint density at radius 1 is 1.53 bits per heavy atom. The average Bonchev–Trinajstić information content (AvgIpc) is 3.07. The van der Waals surface area contributed by atoms with Crippen molar-refractivity contribution in [2.45, 2.75) is 6.23 Å². The van der Waals surface area contributed by atoms with Gasteiger partial charge in [-0.25, -0.2) is 9.63 Å². The number of nitrogens with zero attached hydrogens (tertiary/aromatic N) is 1. The van der Waals surface area contributed by atoms with Crippen LogP contribution in [0.3, 0.4) is 0 Å². The standard InChI is InChI=1S/C11H11NO3/c1-2-8-14-11(13)12-10(15-12)9-6-4-3-5-7-9/h2-7,10H,1,8H2. The van der Waals surface area contributed by atoms with E-state index in [4.69, 9.17) is 9.57 Å². The molecule has 0 aliphatic carbocycles. The van der Waals surface area contributed by atoms with Crippen molar-refractivity contribution < 1.29 is 14.4 Å². The summed E-state index contributed by atoms with van der Waals surface area (Å²) in [6.45, 7) is 3.65. The molecule has 0 bridgehead atoms. The number of hydroxylamine groups is 2. The van der Waals surface area contributed by atoms with Gasteiger partial charge >= 0.3 is 6.09 Å². The van der Waals surface area contributed by atoms with Crippen LogP contribution >= 0.6 is 0 Å². The first-order valence-electron chi connectivity index (χ1n) is 4.61. The zero-order valence-electron chi connectivity index (χ0n) is 8.13. The molecule has 1 heterocycles. The fraction of sp³-hybridized carbons (Fsp3) is 0.182. The fourth-order valence-electron chi connectivity index (χ4n) is 1.23. The van der Waals surface area contributed by atoms with Gasteiger partial charge in [0.25, 0.3) is 0 Å². The van der Waals surface area contributed by atoms with Crippen molar-refractivity contribution in [2.75, 3.05) is 6.61 Å². The van der Waals surface area contributed by atoms with E-state index in [2.05, 4.69) is 6.58 Å². The number of benzene rings is 1. The van der Waals surface area contributed by atoms with E-state index >= 15 is 0 Å². The third-order valence-electron chi connectivity index (χ3n) is 1.97. The Labute approximate surface area is 87.7 Å². The number of carbonyl (C=O) groups is 1. The minimum Gasteiger partial charge on any atom is -0.444 e. The lowest BCUT2D eigenvalue weighted by molar-refractivity contribution is 0.101. The fourth-order valence-corrected chi connectivity index (χ4v) is 1.23. The van der Waals surface area contributed by atoms with Crippen LogP contribution < -0.4 is 0 Å². The Kier molecular flexibility index (Phi) is 2.69. The van der Waals surface area contributed by atoms with Gasteiger partial charge in [-0.3, -0.25) is 0 Å². The molecule has 0 aromatic heterocycles. The van der Waals surface area contributed by atoms with E-state index in [1.807, 2.05) is 30.3 Å². The van der Waals surface area contributed by atoms with Crippen molar-refractivity contribution in [1.82, 2.24) is 5.06 Å². The number of ether oxygens (including phenoxy) is 1. The molecule has 1 saturated heterocycles. The van der Waals surface area contributed by atoms with Crippen LogP contribution in [-0.2, 0) is 9.57 Å². The van der Waals surface area contributed by atoms with Crippen LogP contribution in [0.15, 0.2) is 43.0 Å². The highest BCUT2D eigenvalue weighted by Crippen LogP contribution is 2.37. The second-order valence-corrected chi connectivity index (χ2v) is 3.06. The first-order valence-corrected chi connectivity index (χ1v) is 4.61. The maximum atomic E-state index is 11.3. The summed E-state index contributed by atoms with van der Waals surface area (Å²) in [4.78, 5) is 16.4. The molecule has 0 radical (unpaired) electrons. The molecular formula is C11H11NO3. The molecule has 1 amide bonds. The Morgan fingerprint density at radius 2 is 2.27 bits per heavy atom. The van der Waals surface area contributed by atoms with Crippen molar-refractivity contribution in [3.63, 3.8) is 0 Å². The van der Waals surface area contributed by atoms with E-state index in [9.17, 15) is 4.79 Å². The molecule has 0 saturated carbocycles. The van der Waals surface area contributed by atoms with E-state index in [0.29, 0.717) is 0 Å². The Hall–Kier alpha value is -1.81. The topological polar surface area (TPSA) is 41.8 Å². The molecule has 4 heteroatoms. The van der Waals surface area contributed by atoms with Crippen LogP contribution in [0.25, 0.3) is 0 Å². The molecule has 0 N–H and O–H groups in total. The highest BCUT2D eigenvalue weighted by atomic mass is 16.9. The van der Waals surface area contributed by atoms with E-state index in [-0.39, 0.29) is 12.8 Å². The molecule has 2 rings (SSSR count). The van der Waals surface area contributed by atoms with Gasteiger partial charge in [0, 0.05) is 5.56 Å². The molecular weight excluding hydrogens is 194 g/mol. The van der Waals surface area contributed by atoms with Gasteiger partial charge in [-0.2, -0.15) is 0 Å². The van der Waals surface area contributed by atoms with Crippen LogP contribution in [-0.4, -0.2) is 17.8 Å². The SMILES string of the molecule is C=CCOC(=O)N1OC1c1ccccc1. The molecule has 1 aliphatic heterocycles. The summed E-state index contributed by atoms with van der Waals surface area (Å²) in [5.41, 5.74) is 0.938. The zero-order chi connectivity index (χ0) is 10.7. The van der Waals surface area contributed by atoms with Crippen LogP contribution in [0.5, 0.6) is 0 Å². The van der Waals surface area contributed by atoms with E-state index < -0.39 is 6.09 Å². The molecule has 1 aliphatic rings. The summed E-state index contributed by atoms with van der Waals surface area (Å²) in [6, 6.07) is 9.48. The van der Waals surface area contributed by atoms with Crippen molar-refractivity contribution >= 4 is 6.09 Å². The maximum Gasteiger partial charge on any atom is 0.437 e. The monoisotopic (exact) mass is 205 g/mol. The maximum absolute atomic E-state index is 11.3. The molecule has 1 unspecified atom stereocenters. The molecule has 0 spiro atoms. The molecule has 1 atom stereocenters. The minimum atomic E-state index is -0.483.